The molecule has 0 spiro atoms. The molecule has 2 heterocycles. The summed E-state index contributed by atoms with van der Waals surface area (Å²) < 4.78 is 0. The van der Waals surface area contributed by atoms with Crippen molar-refractivity contribution in [3.8, 4) is 0 Å². The van der Waals surface area contributed by atoms with E-state index in [-0.39, 0.29) is 6.03 Å². The summed E-state index contributed by atoms with van der Waals surface area (Å²) >= 11 is 0. The van der Waals surface area contributed by atoms with Crippen LogP contribution < -0.4 is 15.1 Å². The maximum absolute atomic E-state index is 12.6. The molecule has 0 unspecified atom stereocenters. The molecule has 1 saturated heterocycles. The van der Waals surface area contributed by atoms with Crippen LogP contribution in [0.5, 0.6) is 0 Å². The molecule has 1 aliphatic rings. The van der Waals surface area contributed by atoms with Gasteiger partial charge in [-0.2, -0.15) is 4.98 Å². The van der Waals surface area contributed by atoms with Gasteiger partial charge in [-0.05, 0) is 38.0 Å². The van der Waals surface area contributed by atoms with Crippen molar-refractivity contribution in [1.82, 2.24) is 14.9 Å². The molecule has 0 aliphatic carbocycles. The summed E-state index contributed by atoms with van der Waals surface area (Å²) in [6.07, 6.45) is 0. The standard InChI is InChI=1S/C20H28N6O/c1-14-6-7-15(2)17(12-14)22-20(27)26-10-8-25(9-11-26)19-21-16(3)13-18(23-19)24(4)5/h6-7,12-13H,8-11H2,1-5H3,(H,22,27). The first-order valence-corrected chi connectivity index (χ1v) is 9.24. The Bertz CT molecular complexity index is 827. The fourth-order valence-electron chi connectivity index (χ4n) is 3.08. The van der Waals surface area contributed by atoms with Gasteiger partial charge < -0.3 is 20.0 Å². The highest BCUT2D eigenvalue weighted by Gasteiger charge is 2.23. The molecule has 1 aromatic heterocycles. The Hall–Kier alpha value is -2.83. The van der Waals surface area contributed by atoms with Crippen molar-refractivity contribution >= 4 is 23.5 Å². The van der Waals surface area contributed by atoms with Crippen molar-refractivity contribution in [2.45, 2.75) is 20.8 Å². The van der Waals surface area contributed by atoms with Gasteiger partial charge in [0.2, 0.25) is 5.95 Å². The van der Waals surface area contributed by atoms with Crippen molar-refractivity contribution in [3.63, 3.8) is 0 Å². The van der Waals surface area contributed by atoms with Crippen molar-refractivity contribution in [1.29, 1.82) is 0 Å². The quantitative estimate of drug-likeness (QED) is 0.902. The molecular formula is C20H28N6O. The Balaban J connectivity index is 1.63. The predicted octanol–water partition coefficient (Wildman–Crippen LogP) is 2.82. The zero-order valence-corrected chi connectivity index (χ0v) is 16.8. The lowest BCUT2D eigenvalue weighted by molar-refractivity contribution is 0.208. The smallest absolute Gasteiger partial charge is 0.321 e. The van der Waals surface area contributed by atoms with Gasteiger partial charge >= 0.3 is 6.03 Å². The predicted molar refractivity (Wildman–Crippen MR) is 110 cm³/mol. The van der Waals surface area contributed by atoms with Crippen LogP contribution in [0.1, 0.15) is 16.8 Å². The Morgan fingerprint density at radius 2 is 1.74 bits per heavy atom. The molecule has 3 rings (SSSR count). The minimum atomic E-state index is -0.0532. The summed E-state index contributed by atoms with van der Waals surface area (Å²) in [4.78, 5) is 27.8. The first-order chi connectivity index (χ1) is 12.8. The normalized spacial score (nSPS) is 14.3. The van der Waals surface area contributed by atoms with Gasteiger partial charge in [0.15, 0.2) is 0 Å². The number of benzene rings is 1. The van der Waals surface area contributed by atoms with Crippen LogP contribution in [0.3, 0.4) is 0 Å². The topological polar surface area (TPSA) is 64.6 Å². The van der Waals surface area contributed by atoms with Crippen LogP contribution in [-0.4, -0.2) is 61.2 Å². The van der Waals surface area contributed by atoms with Crippen molar-refractivity contribution in [2.75, 3.05) is 55.4 Å². The summed E-state index contributed by atoms with van der Waals surface area (Å²) in [6, 6.07) is 8.00. The van der Waals surface area contributed by atoms with Crippen molar-refractivity contribution in [2.24, 2.45) is 0 Å². The first kappa shape index (κ1) is 18.9. The van der Waals surface area contributed by atoms with Gasteiger partial charge in [0.1, 0.15) is 5.82 Å². The molecule has 7 heteroatoms. The van der Waals surface area contributed by atoms with E-state index >= 15 is 0 Å². The van der Waals surface area contributed by atoms with E-state index in [0.29, 0.717) is 13.1 Å². The van der Waals surface area contributed by atoms with Crippen molar-refractivity contribution in [3.05, 3.63) is 41.1 Å². The Morgan fingerprint density at radius 1 is 1.04 bits per heavy atom. The summed E-state index contributed by atoms with van der Waals surface area (Å²) in [6.45, 7) is 8.73. The number of piperazine rings is 1. The number of carbonyl (C=O) groups excluding carboxylic acids is 1. The van der Waals surface area contributed by atoms with Crippen LogP contribution in [-0.2, 0) is 0 Å². The number of carbonyl (C=O) groups is 1. The third-order valence-electron chi connectivity index (χ3n) is 4.77. The number of aromatic nitrogens is 2. The Morgan fingerprint density at radius 3 is 2.41 bits per heavy atom. The molecule has 0 bridgehead atoms. The van der Waals surface area contributed by atoms with Gasteiger partial charge in [0.25, 0.3) is 0 Å². The largest absolute Gasteiger partial charge is 0.363 e. The summed E-state index contributed by atoms with van der Waals surface area (Å²) in [5, 5.41) is 3.04. The zero-order chi connectivity index (χ0) is 19.6. The van der Waals surface area contributed by atoms with Crippen LogP contribution >= 0.6 is 0 Å². The van der Waals surface area contributed by atoms with Crippen molar-refractivity contribution < 1.29 is 4.79 Å². The summed E-state index contributed by atoms with van der Waals surface area (Å²) in [7, 11) is 3.95. The third-order valence-corrected chi connectivity index (χ3v) is 4.77. The Kier molecular flexibility index (Phi) is 5.48. The van der Waals surface area contributed by atoms with E-state index in [2.05, 4.69) is 20.2 Å². The number of hydrogen-bond donors (Lipinski definition) is 1. The Labute approximate surface area is 161 Å². The number of anilines is 3. The molecule has 0 atom stereocenters. The number of rotatable bonds is 3. The highest BCUT2D eigenvalue weighted by molar-refractivity contribution is 5.90. The van der Waals surface area contributed by atoms with E-state index in [1.54, 1.807) is 0 Å². The molecule has 144 valence electrons. The van der Waals surface area contributed by atoms with Crippen LogP contribution in [0.4, 0.5) is 22.2 Å². The number of hydrogen-bond acceptors (Lipinski definition) is 5. The molecule has 27 heavy (non-hydrogen) atoms. The lowest BCUT2D eigenvalue weighted by Crippen LogP contribution is -2.50. The highest BCUT2D eigenvalue weighted by Crippen LogP contribution is 2.19. The fourth-order valence-corrected chi connectivity index (χ4v) is 3.08. The van der Waals surface area contributed by atoms with Crippen LogP contribution in [0, 0.1) is 20.8 Å². The van der Waals surface area contributed by atoms with E-state index in [4.69, 9.17) is 0 Å². The fraction of sp³-hybridized carbons (Fsp3) is 0.450. The lowest BCUT2D eigenvalue weighted by atomic mass is 10.1. The lowest BCUT2D eigenvalue weighted by Gasteiger charge is -2.35. The minimum absolute atomic E-state index is 0.0532. The van der Waals surface area contributed by atoms with E-state index in [9.17, 15) is 4.79 Å². The number of amides is 2. The molecule has 2 aromatic rings. The van der Waals surface area contributed by atoms with Gasteiger partial charge in [-0.3, -0.25) is 0 Å². The van der Waals surface area contributed by atoms with E-state index < -0.39 is 0 Å². The van der Waals surface area contributed by atoms with E-state index in [1.807, 2.05) is 68.9 Å². The second-order valence-electron chi connectivity index (χ2n) is 7.28. The van der Waals surface area contributed by atoms with Gasteiger partial charge in [0, 0.05) is 57.7 Å². The summed E-state index contributed by atoms with van der Waals surface area (Å²) in [5.41, 5.74) is 4.02. The van der Waals surface area contributed by atoms with Gasteiger partial charge in [-0.15, -0.1) is 0 Å². The van der Waals surface area contributed by atoms with Gasteiger partial charge in [-0.1, -0.05) is 12.1 Å². The zero-order valence-electron chi connectivity index (χ0n) is 16.8. The van der Waals surface area contributed by atoms with E-state index in [1.165, 1.54) is 0 Å². The molecular weight excluding hydrogens is 340 g/mol. The number of nitrogens with one attached hydrogen (secondary N) is 1. The van der Waals surface area contributed by atoms with Gasteiger partial charge in [0.05, 0.1) is 0 Å². The molecule has 0 radical (unpaired) electrons. The third kappa shape index (κ3) is 4.48. The number of urea groups is 1. The maximum atomic E-state index is 12.6. The molecule has 1 fully saturated rings. The highest BCUT2D eigenvalue weighted by atomic mass is 16.2. The van der Waals surface area contributed by atoms with Crippen LogP contribution in [0.2, 0.25) is 0 Å². The minimum Gasteiger partial charge on any atom is -0.363 e. The average Bonchev–Trinajstić information content (AvgIpc) is 2.64. The monoisotopic (exact) mass is 368 g/mol. The number of nitrogens with zero attached hydrogens (tertiary/aromatic N) is 5. The second kappa shape index (κ2) is 7.82. The molecule has 1 aliphatic heterocycles. The maximum Gasteiger partial charge on any atom is 0.321 e. The van der Waals surface area contributed by atoms with E-state index in [0.717, 1.165) is 47.4 Å². The van der Waals surface area contributed by atoms with Gasteiger partial charge in [-0.25, -0.2) is 9.78 Å². The summed E-state index contributed by atoms with van der Waals surface area (Å²) in [5.74, 6) is 1.63. The van der Waals surface area contributed by atoms with Crippen LogP contribution in [0.15, 0.2) is 24.3 Å². The molecule has 0 saturated carbocycles. The number of aryl methyl sites for hydroxylation is 3. The average molecular weight is 368 g/mol. The molecule has 2 amide bonds. The SMILES string of the molecule is Cc1ccc(C)c(NC(=O)N2CCN(c3nc(C)cc(N(C)C)n3)CC2)c1. The van der Waals surface area contributed by atoms with Crippen LogP contribution in [0.25, 0.3) is 0 Å². The molecule has 1 aromatic carbocycles. The molecule has 7 nitrogen and oxygen atoms in total. The first-order valence-electron chi connectivity index (χ1n) is 9.24. The molecule has 1 N–H and O–H groups in total. The second-order valence-corrected chi connectivity index (χ2v) is 7.28.